The molecule has 0 spiro atoms. The first-order chi connectivity index (χ1) is 11.1. The van der Waals surface area contributed by atoms with Crippen LogP contribution in [0.5, 0.6) is 0 Å². The molecule has 0 unspecified atom stereocenters. The van der Waals surface area contributed by atoms with Gasteiger partial charge in [-0.1, -0.05) is 30.3 Å². The highest BCUT2D eigenvalue weighted by Gasteiger charge is 2.29. The van der Waals surface area contributed by atoms with Gasteiger partial charge in [0.15, 0.2) is 0 Å². The summed E-state index contributed by atoms with van der Waals surface area (Å²) in [5.41, 5.74) is -0.411. The van der Waals surface area contributed by atoms with E-state index in [1.807, 2.05) is 30.3 Å². The zero-order chi connectivity index (χ0) is 16.5. The maximum atomic E-state index is 12.1. The van der Waals surface area contributed by atoms with Crippen molar-refractivity contribution >= 4 is 5.91 Å². The van der Waals surface area contributed by atoms with Crippen molar-refractivity contribution in [2.45, 2.75) is 31.8 Å². The molecular weight excluding hydrogens is 292 g/mol. The number of aliphatic hydroxyl groups is 1. The summed E-state index contributed by atoms with van der Waals surface area (Å²) in [6, 6.07) is 9.59. The molecule has 5 heteroatoms. The first-order valence-electron chi connectivity index (χ1n) is 8.43. The number of ether oxygens (including phenoxy) is 1. The Kier molecular flexibility index (Phi) is 7.02. The highest BCUT2D eigenvalue weighted by Crippen LogP contribution is 2.13. The number of hydrogen-bond acceptors (Lipinski definition) is 4. The molecule has 0 radical (unpaired) electrons. The summed E-state index contributed by atoms with van der Waals surface area (Å²) in [5, 5.41) is 13.2. The van der Waals surface area contributed by atoms with E-state index in [1.54, 1.807) is 6.92 Å². The Morgan fingerprint density at radius 1 is 1.26 bits per heavy atom. The average Bonchev–Trinajstić information content (AvgIpc) is 2.56. The number of nitrogens with zero attached hydrogens (tertiary/aromatic N) is 1. The van der Waals surface area contributed by atoms with Gasteiger partial charge in [0.25, 0.3) is 5.91 Å². The Balaban J connectivity index is 1.63. The third-order valence-corrected chi connectivity index (χ3v) is 4.17. The quantitative estimate of drug-likeness (QED) is 0.707. The molecule has 1 saturated heterocycles. The van der Waals surface area contributed by atoms with Crippen molar-refractivity contribution in [3.63, 3.8) is 0 Å². The second kappa shape index (κ2) is 9.01. The third kappa shape index (κ3) is 6.29. The van der Waals surface area contributed by atoms with Gasteiger partial charge in [-0.15, -0.1) is 0 Å². The largest absolute Gasteiger partial charge is 0.380 e. The molecule has 128 valence electrons. The van der Waals surface area contributed by atoms with Crippen LogP contribution in [0.2, 0.25) is 0 Å². The maximum Gasteiger partial charge on any atom is 0.252 e. The number of unbranched alkanes of at least 4 members (excludes halogenated alkanes) is 1. The minimum atomic E-state index is -1.37. The van der Waals surface area contributed by atoms with E-state index in [0.29, 0.717) is 13.0 Å². The van der Waals surface area contributed by atoms with Crippen molar-refractivity contribution in [3.8, 4) is 0 Å². The third-order valence-electron chi connectivity index (χ3n) is 4.17. The van der Waals surface area contributed by atoms with E-state index < -0.39 is 5.60 Å². The summed E-state index contributed by atoms with van der Waals surface area (Å²) in [7, 11) is 0. The van der Waals surface area contributed by atoms with Gasteiger partial charge < -0.3 is 15.2 Å². The SMILES string of the molecule is C[C@](O)(Cc1ccccc1)C(=O)NCCCCN1CCOCC1. The van der Waals surface area contributed by atoms with Gasteiger partial charge in [0.2, 0.25) is 0 Å². The van der Waals surface area contributed by atoms with E-state index in [0.717, 1.165) is 51.3 Å². The monoisotopic (exact) mass is 320 g/mol. The van der Waals surface area contributed by atoms with E-state index in [2.05, 4.69) is 10.2 Å². The molecule has 1 aliphatic heterocycles. The molecule has 1 aromatic carbocycles. The second-order valence-corrected chi connectivity index (χ2v) is 6.35. The van der Waals surface area contributed by atoms with Gasteiger partial charge in [0.05, 0.1) is 13.2 Å². The molecule has 1 fully saturated rings. The number of nitrogens with one attached hydrogen (secondary N) is 1. The summed E-state index contributed by atoms with van der Waals surface area (Å²) in [4.78, 5) is 14.5. The van der Waals surface area contributed by atoms with Gasteiger partial charge in [0, 0.05) is 26.1 Å². The van der Waals surface area contributed by atoms with Crippen molar-refractivity contribution in [1.82, 2.24) is 10.2 Å². The number of carbonyl (C=O) groups excluding carboxylic acids is 1. The lowest BCUT2D eigenvalue weighted by atomic mass is 9.95. The lowest BCUT2D eigenvalue weighted by molar-refractivity contribution is -0.137. The molecule has 0 bridgehead atoms. The Labute approximate surface area is 138 Å². The van der Waals surface area contributed by atoms with Crippen LogP contribution >= 0.6 is 0 Å². The molecule has 1 heterocycles. The van der Waals surface area contributed by atoms with Crippen LogP contribution in [-0.4, -0.2) is 60.9 Å². The summed E-state index contributed by atoms with van der Waals surface area (Å²) in [5.74, 6) is -0.298. The van der Waals surface area contributed by atoms with Gasteiger partial charge in [0.1, 0.15) is 5.60 Å². The van der Waals surface area contributed by atoms with Crippen molar-refractivity contribution in [2.24, 2.45) is 0 Å². The standard InChI is InChI=1S/C18H28N2O3/c1-18(22,15-16-7-3-2-4-8-16)17(21)19-9-5-6-10-20-11-13-23-14-12-20/h2-4,7-8,22H,5-6,9-15H2,1H3,(H,19,21)/t18-/m0/s1. The lowest BCUT2D eigenvalue weighted by Crippen LogP contribution is -2.46. The molecule has 0 aromatic heterocycles. The van der Waals surface area contributed by atoms with Crippen molar-refractivity contribution in [1.29, 1.82) is 0 Å². The van der Waals surface area contributed by atoms with Gasteiger partial charge >= 0.3 is 0 Å². The molecule has 1 aliphatic rings. The molecular formula is C18H28N2O3. The van der Waals surface area contributed by atoms with Crippen LogP contribution in [0.3, 0.4) is 0 Å². The fourth-order valence-corrected chi connectivity index (χ4v) is 2.75. The fourth-order valence-electron chi connectivity index (χ4n) is 2.75. The zero-order valence-electron chi connectivity index (χ0n) is 14.0. The highest BCUT2D eigenvalue weighted by molar-refractivity contribution is 5.84. The number of morpholine rings is 1. The first-order valence-corrected chi connectivity index (χ1v) is 8.43. The van der Waals surface area contributed by atoms with Gasteiger partial charge in [-0.25, -0.2) is 0 Å². The summed E-state index contributed by atoms with van der Waals surface area (Å²) in [6.07, 6.45) is 2.29. The molecule has 1 atom stereocenters. The van der Waals surface area contributed by atoms with Crippen LogP contribution in [0.15, 0.2) is 30.3 Å². The number of rotatable bonds is 8. The Morgan fingerprint density at radius 3 is 2.65 bits per heavy atom. The van der Waals surface area contributed by atoms with E-state index in [-0.39, 0.29) is 5.91 Å². The summed E-state index contributed by atoms with van der Waals surface area (Å²) >= 11 is 0. The van der Waals surface area contributed by atoms with Crippen LogP contribution in [0, 0.1) is 0 Å². The minimum absolute atomic E-state index is 0.298. The van der Waals surface area contributed by atoms with E-state index in [4.69, 9.17) is 4.74 Å². The number of benzene rings is 1. The van der Waals surface area contributed by atoms with Crippen LogP contribution in [0.4, 0.5) is 0 Å². The van der Waals surface area contributed by atoms with Crippen LogP contribution in [0.25, 0.3) is 0 Å². The highest BCUT2D eigenvalue weighted by atomic mass is 16.5. The number of carbonyl (C=O) groups is 1. The van der Waals surface area contributed by atoms with Gasteiger partial charge in [-0.3, -0.25) is 9.69 Å². The topological polar surface area (TPSA) is 61.8 Å². The van der Waals surface area contributed by atoms with E-state index in [1.165, 1.54) is 0 Å². The van der Waals surface area contributed by atoms with Crippen molar-refractivity contribution < 1.29 is 14.6 Å². The fraction of sp³-hybridized carbons (Fsp3) is 0.611. The number of amides is 1. The Bertz CT molecular complexity index is 470. The molecule has 0 saturated carbocycles. The summed E-state index contributed by atoms with van der Waals surface area (Å²) < 4.78 is 5.32. The minimum Gasteiger partial charge on any atom is -0.380 e. The lowest BCUT2D eigenvalue weighted by Gasteiger charge is -2.26. The second-order valence-electron chi connectivity index (χ2n) is 6.35. The Hall–Kier alpha value is -1.43. The Morgan fingerprint density at radius 2 is 1.96 bits per heavy atom. The van der Waals surface area contributed by atoms with Crippen molar-refractivity contribution in [3.05, 3.63) is 35.9 Å². The normalized spacial score (nSPS) is 18.3. The number of hydrogen-bond donors (Lipinski definition) is 2. The zero-order valence-corrected chi connectivity index (χ0v) is 14.0. The van der Waals surface area contributed by atoms with Crippen LogP contribution in [0.1, 0.15) is 25.3 Å². The molecule has 1 aromatic rings. The van der Waals surface area contributed by atoms with Crippen LogP contribution < -0.4 is 5.32 Å². The van der Waals surface area contributed by atoms with Crippen molar-refractivity contribution in [2.75, 3.05) is 39.4 Å². The molecule has 23 heavy (non-hydrogen) atoms. The molecule has 2 N–H and O–H groups in total. The first kappa shape index (κ1) is 17.9. The molecule has 1 amide bonds. The molecule has 0 aliphatic carbocycles. The molecule has 2 rings (SSSR count). The van der Waals surface area contributed by atoms with Crippen LogP contribution in [-0.2, 0) is 16.0 Å². The maximum absolute atomic E-state index is 12.1. The smallest absolute Gasteiger partial charge is 0.252 e. The predicted molar refractivity (Wildman–Crippen MR) is 90.3 cm³/mol. The van der Waals surface area contributed by atoms with E-state index >= 15 is 0 Å². The summed E-state index contributed by atoms with van der Waals surface area (Å²) in [6.45, 7) is 6.85. The van der Waals surface area contributed by atoms with Gasteiger partial charge in [-0.05, 0) is 31.9 Å². The molecule has 5 nitrogen and oxygen atoms in total. The predicted octanol–water partition coefficient (Wildman–Crippen LogP) is 1.21. The van der Waals surface area contributed by atoms with Gasteiger partial charge in [-0.2, -0.15) is 0 Å². The average molecular weight is 320 g/mol. The van der Waals surface area contributed by atoms with E-state index in [9.17, 15) is 9.90 Å².